The van der Waals surface area contributed by atoms with Crippen LogP contribution < -0.4 is 5.32 Å². The fourth-order valence-corrected chi connectivity index (χ4v) is 2.64. The lowest BCUT2D eigenvalue weighted by molar-refractivity contribution is -0.116. The first kappa shape index (κ1) is 13.7. The first-order chi connectivity index (χ1) is 9.29. The molecule has 0 radical (unpaired) electrons. The lowest BCUT2D eigenvalue weighted by Gasteiger charge is -2.10. The van der Waals surface area contributed by atoms with Gasteiger partial charge >= 0.3 is 0 Å². The van der Waals surface area contributed by atoms with Crippen molar-refractivity contribution in [3.8, 4) is 0 Å². The van der Waals surface area contributed by atoms with Gasteiger partial charge in [0.1, 0.15) is 0 Å². The molecule has 0 bridgehead atoms. The van der Waals surface area contributed by atoms with Crippen LogP contribution in [0.15, 0.2) is 64.4 Å². The Morgan fingerprint density at radius 1 is 1.05 bits per heavy atom. The largest absolute Gasteiger partial charge is 0.325 e. The van der Waals surface area contributed by atoms with Crippen LogP contribution in [-0.2, 0) is 4.79 Å². The van der Waals surface area contributed by atoms with Gasteiger partial charge in [-0.15, -0.1) is 0 Å². The average molecular weight is 271 g/mol. The topological polar surface area (TPSA) is 29.1 Å². The first-order valence-electron chi connectivity index (χ1n) is 6.41. The molecule has 2 aromatic carbocycles. The van der Waals surface area contributed by atoms with Crippen LogP contribution in [0.25, 0.3) is 0 Å². The monoisotopic (exact) mass is 271 g/mol. The summed E-state index contributed by atoms with van der Waals surface area (Å²) in [6.45, 7) is 2.00. The molecule has 2 rings (SSSR count). The number of carbonyl (C=O) groups is 1. The molecule has 0 aliphatic carbocycles. The van der Waals surface area contributed by atoms with Crippen LogP contribution in [0.3, 0.4) is 0 Å². The Labute approximate surface area is 118 Å². The van der Waals surface area contributed by atoms with Crippen LogP contribution in [0, 0.1) is 0 Å². The average Bonchev–Trinajstić information content (AvgIpc) is 2.42. The van der Waals surface area contributed by atoms with Gasteiger partial charge in [0.2, 0.25) is 5.91 Å². The van der Waals surface area contributed by atoms with Gasteiger partial charge in [0.15, 0.2) is 0 Å². The number of benzene rings is 2. The lowest BCUT2D eigenvalue weighted by Crippen LogP contribution is -2.11. The summed E-state index contributed by atoms with van der Waals surface area (Å²) in [6, 6.07) is 18.1. The van der Waals surface area contributed by atoms with Crippen molar-refractivity contribution in [3.05, 3.63) is 54.6 Å². The Balaban J connectivity index is 2.14. The fourth-order valence-electron chi connectivity index (χ4n) is 1.71. The van der Waals surface area contributed by atoms with Gasteiger partial charge in [0, 0.05) is 16.2 Å². The Bertz CT molecular complexity index is 539. The van der Waals surface area contributed by atoms with E-state index >= 15 is 0 Å². The molecule has 19 heavy (non-hydrogen) atoms. The van der Waals surface area contributed by atoms with Crippen molar-refractivity contribution in [2.24, 2.45) is 0 Å². The molecule has 0 unspecified atom stereocenters. The van der Waals surface area contributed by atoms with Crippen molar-refractivity contribution in [1.29, 1.82) is 0 Å². The minimum Gasteiger partial charge on any atom is -0.325 e. The van der Waals surface area contributed by atoms with Crippen LogP contribution >= 0.6 is 11.8 Å². The zero-order valence-corrected chi connectivity index (χ0v) is 11.7. The molecule has 0 aliphatic rings. The number of rotatable bonds is 5. The lowest BCUT2D eigenvalue weighted by atomic mass is 10.3. The zero-order chi connectivity index (χ0) is 13.5. The first-order valence-corrected chi connectivity index (χ1v) is 7.23. The maximum Gasteiger partial charge on any atom is 0.224 e. The summed E-state index contributed by atoms with van der Waals surface area (Å²) in [6.07, 6.45) is 1.42. The van der Waals surface area contributed by atoms with E-state index in [4.69, 9.17) is 0 Å². The SMILES string of the molecule is CCCC(=O)Nc1ccccc1Sc1ccccc1. The highest BCUT2D eigenvalue weighted by Crippen LogP contribution is 2.33. The number of hydrogen-bond acceptors (Lipinski definition) is 2. The highest BCUT2D eigenvalue weighted by molar-refractivity contribution is 7.99. The summed E-state index contributed by atoms with van der Waals surface area (Å²) in [4.78, 5) is 13.9. The number of para-hydroxylation sites is 1. The highest BCUT2D eigenvalue weighted by atomic mass is 32.2. The predicted molar refractivity (Wildman–Crippen MR) is 80.5 cm³/mol. The molecule has 0 aromatic heterocycles. The molecule has 0 aliphatic heterocycles. The second-order valence-corrected chi connectivity index (χ2v) is 5.32. The summed E-state index contributed by atoms with van der Waals surface area (Å²) in [5.74, 6) is 0.0728. The second-order valence-electron chi connectivity index (χ2n) is 4.21. The molecule has 0 heterocycles. The minimum atomic E-state index is 0.0728. The molecule has 0 saturated heterocycles. The van der Waals surface area contributed by atoms with E-state index in [9.17, 15) is 4.79 Å². The smallest absolute Gasteiger partial charge is 0.224 e. The summed E-state index contributed by atoms with van der Waals surface area (Å²) in [7, 11) is 0. The third kappa shape index (κ3) is 4.14. The van der Waals surface area contributed by atoms with Gasteiger partial charge in [0.25, 0.3) is 0 Å². The number of amides is 1. The van der Waals surface area contributed by atoms with E-state index in [0.29, 0.717) is 6.42 Å². The van der Waals surface area contributed by atoms with Crippen LogP contribution in [0.4, 0.5) is 5.69 Å². The van der Waals surface area contributed by atoms with E-state index in [2.05, 4.69) is 17.4 Å². The van der Waals surface area contributed by atoms with Gasteiger partial charge in [-0.05, 0) is 30.7 Å². The molecular weight excluding hydrogens is 254 g/mol. The van der Waals surface area contributed by atoms with Crippen LogP contribution in [0.2, 0.25) is 0 Å². The van der Waals surface area contributed by atoms with Crippen molar-refractivity contribution >= 4 is 23.4 Å². The molecule has 0 spiro atoms. The summed E-state index contributed by atoms with van der Waals surface area (Å²) < 4.78 is 0. The number of nitrogens with one attached hydrogen (secondary N) is 1. The molecular formula is C16H17NOS. The molecule has 3 heteroatoms. The highest BCUT2D eigenvalue weighted by Gasteiger charge is 2.06. The van der Waals surface area contributed by atoms with Gasteiger partial charge in [-0.25, -0.2) is 0 Å². The van der Waals surface area contributed by atoms with E-state index < -0.39 is 0 Å². The van der Waals surface area contributed by atoms with Crippen LogP contribution in [-0.4, -0.2) is 5.91 Å². The van der Waals surface area contributed by atoms with E-state index in [1.54, 1.807) is 11.8 Å². The molecule has 0 fully saturated rings. The fraction of sp³-hybridized carbons (Fsp3) is 0.188. The Kier molecular flexibility index (Phi) is 5.04. The number of hydrogen-bond donors (Lipinski definition) is 1. The van der Waals surface area contributed by atoms with Crippen molar-refractivity contribution in [1.82, 2.24) is 0 Å². The van der Waals surface area contributed by atoms with Crippen molar-refractivity contribution in [2.75, 3.05) is 5.32 Å². The predicted octanol–water partition coefficient (Wildman–Crippen LogP) is 4.58. The van der Waals surface area contributed by atoms with E-state index in [0.717, 1.165) is 17.0 Å². The molecule has 1 N–H and O–H groups in total. The molecule has 0 saturated carbocycles. The molecule has 2 nitrogen and oxygen atoms in total. The summed E-state index contributed by atoms with van der Waals surface area (Å²) >= 11 is 1.66. The van der Waals surface area contributed by atoms with Crippen molar-refractivity contribution in [2.45, 2.75) is 29.6 Å². The van der Waals surface area contributed by atoms with Gasteiger partial charge in [-0.2, -0.15) is 0 Å². The Hall–Kier alpha value is -1.74. The zero-order valence-electron chi connectivity index (χ0n) is 10.9. The molecule has 1 amide bonds. The quantitative estimate of drug-likeness (QED) is 0.862. The van der Waals surface area contributed by atoms with E-state index in [-0.39, 0.29) is 5.91 Å². The van der Waals surface area contributed by atoms with Crippen LogP contribution in [0.1, 0.15) is 19.8 Å². The van der Waals surface area contributed by atoms with Gasteiger partial charge in [-0.3, -0.25) is 4.79 Å². The third-order valence-electron chi connectivity index (χ3n) is 2.61. The number of anilines is 1. The number of carbonyl (C=O) groups excluding carboxylic acids is 1. The maximum atomic E-state index is 11.7. The standard InChI is InChI=1S/C16H17NOS/c1-2-8-16(18)17-14-11-6-7-12-15(14)19-13-9-4-3-5-10-13/h3-7,9-12H,2,8H2,1H3,(H,17,18). The Morgan fingerprint density at radius 3 is 2.47 bits per heavy atom. The van der Waals surface area contributed by atoms with Gasteiger partial charge < -0.3 is 5.32 Å². The van der Waals surface area contributed by atoms with Gasteiger partial charge in [0.05, 0.1) is 5.69 Å². The van der Waals surface area contributed by atoms with Crippen LogP contribution in [0.5, 0.6) is 0 Å². The normalized spacial score (nSPS) is 10.2. The molecule has 98 valence electrons. The van der Waals surface area contributed by atoms with E-state index in [1.165, 1.54) is 4.90 Å². The minimum absolute atomic E-state index is 0.0728. The van der Waals surface area contributed by atoms with Crippen molar-refractivity contribution in [3.63, 3.8) is 0 Å². The van der Waals surface area contributed by atoms with Crippen molar-refractivity contribution < 1.29 is 4.79 Å². The van der Waals surface area contributed by atoms with E-state index in [1.807, 2.05) is 49.4 Å². The molecule has 2 aromatic rings. The summed E-state index contributed by atoms with van der Waals surface area (Å²) in [5.41, 5.74) is 0.884. The Morgan fingerprint density at radius 2 is 1.74 bits per heavy atom. The third-order valence-corrected chi connectivity index (χ3v) is 3.69. The summed E-state index contributed by atoms with van der Waals surface area (Å²) in [5, 5.41) is 2.97. The second kappa shape index (κ2) is 7.00. The maximum absolute atomic E-state index is 11.7. The van der Waals surface area contributed by atoms with Gasteiger partial charge in [-0.1, -0.05) is 49.0 Å². The molecule has 0 atom stereocenters.